The van der Waals surface area contributed by atoms with Crippen LogP contribution in [-0.4, -0.2) is 61.1 Å². The van der Waals surface area contributed by atoms with Crippen LogP contribution in [-0.2, 0) is 26.9 Å². The molecule has 0 saturated carbocycles. The first-order chi connectivity index (χ1) is 18.7. The van der Waals surface area contributed by atoms with Gasteiger partial charge in [-0.05, 0) is 73.5 Å². The quantitative estimate of drug-likeness (QED) is 0.433. The molecule has 2 fully saturated rings. The van der Waals surface area contributed by atoms with E-state index in [-0.39, 0.29) is 24.3 Å². The third kappa shape index (κ3) is 8.36. The van der Waals surface area contributed by atoms with E-state index in [2.05, 4.69) is 10.6 Å². The molecule has 0 unspecified atom stereocenters. The molecule has 2 aliphatic rings. The van der Waals surface area contributed by atoms with E-state index in [9.17, 15) is 22.8 Å². The van der Waals surface area contributed by atoms with E-state index in [4.69, 9.17) is 9.47 Å². The molecule has 0 aliphatic carbocycles. The highest BCUT2D eigenvalue weighted by Crippen LogP contribution is 2.35. The number of alkyl halides is 3. The Balaban J connectivity index is 1.48. The first kappa shape index (κ1) is 29.2. The summed E-state index contributed by atoms with van der Waals surface area (Å²) >= 11 is 1.15. The Morgan fingerprint density at radius 3 is 2.54 bits per heavy atom. The lowest BCUT2D eigenvalue weighted by molar-refractivity contribution is -0.137. The van der Waals surface area contributed by atoms with Gasteiger partial charge in [0.2, 0.25) is 11.8 Å². The fraction of sp³-hybridized carbons (Fsp3) is 0.500. The van der Waals surface area contributed by atoms with E-state index in [1.165, 1.54) is 6.07 Å². The van der Waals surface area contributed by atoms with Crippen molar-refractivity contribution in [2.45, 2.75) is 67.7 Å². The monoisotopic (exact) mass is 565 g/mol. The maximum Gasteiger partial charge on any atom is 0.416 e. The van der Waals surface area contributed by atoms with Crippen LogP contribution in [0.15, 0.2) is 53.4 Å². The minimum absolute atomic E-state index is 0.0239. The number of halogens is 3. The Morgan fingerprint density at radius 2 is 1.85 bits per heavy atom. The Hall–Kier alpha value is -2.76. The lowest BCUT2D eigenvalue weighted by Crippen LogP contribution is -2.55. The molecule has 0 spiro atoms. The summed E-state index contributed by atoms with van der Waals surface area (Å²) in [5, 5.41) is 6.01. The molecule has 11 heteroatoms. The number of amides is 2. The van der Waals surface area contributed by atoms with Crippen molar-refractivity contribution < 1.29 is 32.2 Å². The van der Waals surface area contributed by atoms with Gasteiger partial charge in [0.1, 0.15) is 11.8 Å². The number of hydrogen-bond acceptors (Lipinski definition) is 6. The molecular weight excluding hydrogens is 531 g/mol. The van der Waals surface area contributed by atoms with Gasteiger partial charge >= 0.3 is 6.18 Å². The van der Waals surface area contributed by atoms with Crippen LogP contribution in [0, 0.1) is 0 Å². The molecule has 0 bridgehead atoms. The number of rotatable bonds is 9. The Labute approximate surface area is 230 Å². The fourth-order valence-corrected chi connectivity index (χ4v) is 5.90. The molecule has 2 N–H and O–H groups in total. The maximum absolute atomic E-state index is 13.6. The van der Waals surface area contributed by atoms with Crippen molar-refractivity contribution in [1.29, 1.82) is 0 Å². The van der Waals surface area contributed by atoms with Crippen molar-refractivity contribution in [2.75, 3.05) is 26.9 Å². The summed E-state index contributed by atoms with van der Waals surface area (Å²) in [7, 11) is 1.58. The molecule has 2 aliphatic heterocycles. The van der Waals surface area contributed by atoms with Gasteiger partial charge in [-0.25, -0.2) is 4.31 Å². The van der Waals surface area contributed by atoms with Gasteiger partial charge in [0.25, 0.3) is 0 Å². The van der Waals surface area contributed by atoms with Gasteiger partial charge in [-0.1, -0.05) is 24.6 Å². The molecule has 2 amide bonds. The Bertz CT molecular complexity index is 1110. The van der Waals surface area contributed by atoms with E-state index in [1.54, 1.807) is 25.3 Å². The summed E-state index contributed by atoms with van der Waals surface area (Å²) in [6.07, 6.45) is -0.545. The predicted octanol–water partition coefficient (Wildman–Crippen LogP) is 4.60. The van der Waals surface area contributed by atoms with Crippen molar-refractivity contribution in [3.05, 3.63) is 59.7 Å². The van der Waals surface area contributed by atoms with Crippen molar-refractivity contribution in [2.24, 2.45) is 0 Å². The highest BCUT2D eigenvalue weighted by molar-refractivity contribution is 7.97. The highest BCUT2D eigenvalue weighted by atomic mass is 32.2. The van der Waals surface area contributed by atoms with Gasteiger partial charge in [0.15, 0.2) is 0 Å². The maximum atomic E-state index is 13.6. The zero-order valence-electron chi connectivity index (χ0n) is 21.8. The van der Waals surface area contributed by atoms with Crippen LogP contribution in [0.5, 0.6) is 5.75 Å². The van der Waals surface area contributed by atoms with Crippen molar-refractivity contribution >= 4 is 23.8 Å². The number of nitrogens with one attached hydrogen (secondary N) is 2. The fourth-order valence-electron chi connectivity index (χ4n) is 4.76. The molecule has 2 atom stereocenters. The molecule has 2 aromatic carbocycles. The van der Waals surface area contributed by atoms with Crippen molar-refractivity contribution in [1.82, 2.24) is 14.9 Å². The molecule has 0 aromatic heterocycles. The number of piperidine rings is 1. The Kier molecular flexibility index (Phi) is 10.1. The van der Waals surface area contributed by atoms with Gasteiger partial charge in [-0.15, -0.1) is 0 Å². The molecule has 4 rings (SSSR count). The summed E-state index contributed by atoms with van der Waals surface area (Å²) in [6, 6.07) is 11.0. The van der Waals surface area contributed by atoms with E-state index in [0.29, 0.717) is 49.7 Å². The summed E-state index contributed by atoms with van der Waals surface area (Å²) in [6.45, 7) is 1.70. The van der Waals surface area contributed by atoms with Crippen LogP contribution in [0.4, 0.5) is 13.2 Å². The molecular formula is C28H34F3N3O4S. The van der Waals surface area contributed by atoms with Crippen LogP contribution in [0.3, 0.4) is 0 Å². The molecule has 7 nitrogen and oxygen atoms in total. The van der Waals surface area contributed by atoms with E-state index in [1.807, 2.05) is 16.4 Å². The topological polar surface area (TPSA) is 79.9 Å². The van der Waals surface area contributed by atoms with E-state index < -0.39 is 23.8 Å². The minimum atomic E-state index is -4.44. The van der Waals surface area contributed by atoms with Crippen molar-refractivity contribution in [3.63, 3.8) is 0 Å². The molecule has 39 heavy (non-hydrogen) atoms. The zero-order chi connectivity index (χ0) is 27.8. The number of ether oxygens (including phenoxy) is 2. The lowest BCUT2D eigenvalue weighted by Gasteiger charge is -2.34. The number of hydrogen-bond donors (Lipinski definition) is 2. The molecule has 0 radical (unpaired) electrons. The third-order valence-corrected chi connectivity index (χ3v) is 8.08. The van der Waals surface area contributed by atoms with Crippen LogP contribution in [0.1, 0.15) is 43.2 Å². The van der Waals surface area contributed by atoms with E-state index >= 15 is 0 Å². The van der Waals surface area contributed by atoms with Crippen LogP contribution in [0.2, 0.25) is 0 Å². The highest BCUT2D eigenvalue weighted by Gasteiger charge is 2.34. The molecule has 2 heterocycles. The molecule has 212 valence electrons. The summed E-state index contributed by atoms with van der Waals surface area (Å²) in [5.41, 5.74) is 0.136. The largest absolute Gasteiger partial charge is 0.497 e. The summed E-state index contributed by atoms with van der Waals surface area (Å²) in [5.74, 6) is 0.115. The Morgan fingerprint density at radius 1 is 1.10 bits per heavy atom. The first-order valence-corrected chi connectivity index (χ1v) is 13.9. The lowest BCUT2D eigenvalue weighted by atomic mass is 10.0. The number of benzene rings is 2. The van der Waals surface area contributed by atoms with Gasteiger partial charge in [0, 0.05) is 37.1 Å². The second kappa shape index (κ2) is 13.5. The average molecular weight is 566 g/mol. The van der Waals surface area contributed by atoms with Gasteiger partial charge in [0.05, 0.1) is 18.7 Å². The number of nitrogens with zero attached hydrogens (tertiary/aromatic N) is 1. The standard InChI is InChI=1S/C28H34F3N3O4S/c1-37-22-10-8-19(9-11-22)17-24(26(35)32-21-12-15-38-16-13-21)33-27(36)25-7-2-3-14-34(25)39-23-6-4-5-20(18-23)28(29,30)31/h4-6,8-11,18,21,24-25H,2-3,7,12-17H2,1H3,(H,32,35)(H,33,36)/t24-,25-/m0/s1. The van der Waals surface area contributed by atoms with Crippen molar-refractivity contribution in [3.8, 4) is 5.75 Å². The smallest absolute Gasteiger partial charge is 0.416 e. The second-order valence-corrected chi connectivity index (χ2v) is 10.9. The van der Waals surface area contributed by atoms with Crippen LogP contribution in [0.25, 0.3) is 0 Å². The number of methoxy groups -OCH3 is 1. The van der Waals surface area contributed by atoms with Crippen LogP contribution >= 0.6 is 11.9 Å². The normalized spacial score (nSPS) is 19.7. The predicted molar refractivity (Wildman–Crippen MR) is 142 cm³/mol. The van der Waals surface area contributed by atoms with Gasteiger partial charge < -0.3 is 20.1 Å². The summed E-state index contributed by atoms with van der Waals surface area (Å²) < 4.78 is 52.1. The average Bonchev–Trinajstić information content (AvgIpc) is 2.93. The SMILES string of the molecule is COc1ccc(C[C@H](NC(=O)[C@@H]2CCCCN2Sc2cccc(C(F)(F)F)c2)C(=O)NC2CCOCC2)cc1. The number of carbonyl (C=O) groups excluding carboxylic acids is 2. The van der Waals surface area contributed by atoms with Gasteiger partial charge in [-0.3, -0.25) is 9.59 Å². The molecule has 2 saturated heterocycles. The van der Waals surface area contributed by atoms with E-state index in [0.717, 1.165) is 42.5 Å². The van der Waals surface area contributed by atoms with Gasteiger partial charge in [-0.2, -0.15) is 13.2 Å². The second-order valence-electron chi connectivity index (χ2n) is 9.78. The number of carbonyl (C=O) groups is 2. The third-order valence-electron chi connectivity index (χ3n) is 6.94. The zero-order valence-corrected chi connectivity index (χ0v) is 22.7. The first-order valence-electron chi connectivity index (χ1n) is 13.2. The summed E-state index contributed by atoms with van der Waals surface area (Å²) in [4.78, 5) is 27.3. The minimum Gasteiger partial charge on any atom is -0.497 e. The van der Waals surface area contributed by atoms with Crippen LogP contribution < -0.4 is 15.4 Å². The molecule has 2 aromatic rings.